The molecule has 274 valence electrons. The summed E-state index contributed by atoms with van der Waals surface area (Å²) in [7, 11) is -4.08. The number of amides is 1. The average molecular weight is 731 g/mol. The van der Waals surface area contributed by atoms with E-state index in [4.69, 9.17) is 49.1 Å². The molecule has 15 nitrogen and oxygen atoms in total. The first-order chi connectivity index (χ1) is 23.1. The van der Waals surface area contributed by atoms with Crippen LogP contribution in [-0.2, 0) is 46.8 Å². The van der Waals surface area contributed by atoms with Gasteiger partial charge in [-0.1, -0.05) is 24.4 Å². The Balaban J connectivity index is 1.49. The summed E-state index contributed by atoms with van der Waals surface area (Å²) in [4.78, 5) is 32.9. The molecular weight excluding hydrogens is 683 g/mol. The van der Waals surface area contributed by atoms with Crippen molar-refractivity contribution in [3.05, 3.63) is 17.4 Å². The van der Waals surface area contributed by atoms with Gasteiger partial charge in [-0.2, -0.15) is 5.10 Å². The number of anilines is 1. The fourth-order valence-electron chi connectivity index (χ4n) is 6.49. The molecule has 17 heteroatoms. The number of hydrogen-bond acceptors (Lipinski definition) is 13. The lowest BCUT2D eigenvalue weighted by Crippen LogP contribution is -2.42. The number of carbonyl (C=O) groups excluding carboxylic acids is 2. The highest BCUT2D eigenvalue weighted by atomic mass is 35.5. The van der Waals surface area contributed by atoms with Crippen LogP contribution in [-0.4, -0.2) is 94.8 Å². The zero-order valence-corrected chi connectivity index (χ0v) is 31.0. The first kappa shape index (κ1) is 37.9. The Kier molecular flexibility index (Phi) is 11.7. The molecule has 1 aliphatic carbocycles. The van der Waals surface area contributed by atoms with Crippen LogP contribution in [0.3, 0.4) is 0 Å². The van der Waals surface area contributed by atoms with Gasteiger partial charge in [0.15, 0.2) is 17.7 Å². The number of carbonyl (C=O) groups is 2. The molecule has 4 heterocycles. The number of fused-ring (bicyclic) bond motifs is 2. The van der Waals surface area contributed by atoms with Crippen LogP contribution in [0.2, 0.25) is 5.15 Å². The van der Waals surface area contributed by atoms with Crippen LogP contribution in [0.25, 0.3) is 11.0 Å². The van der Waals surface area contributed by atoms with Gasteiger partial charge in [0.25, 0.3) is 5.85 Å². The number of esters is 1. The molecule has 0 N–H and O–H groups in total. The van der Waals surface area contributed by atoms with Gasteiger partial charge in [0.05, 0.1) is 43.7 Å². The van der Waals surface area contributed by atoms with Gasteiger partial charge in [0, 0.05) is 12.1 Å². The number of nitrogens with zero attached hydrogens (tertiary/aromatic N) is 4. The van der Waals surface area contributed by atoms with Crippen molar-refractivity contribution >= 4 is 48.0 Å². The lowest BCUT2D eigenvalue weighted by Gasteiger charge is -2.32. The molecule has 3 fully saturated rings. The van der Waals surface area contributed by atoms with Gasteiger partial charge < -0.3 is 37.5 Å². The third-order valence-electron chi connectivity index (χ3n) is 8.23. The number of aromatic nitrogens is 3. The predicted molar refractivity (Wildman–Crippen MR) is 178 cm³/mol. The third kappa shape index (κ3) is 8.25. The molecule has 49 heavy (non-hydrogen) atoms. The normalized spacial score (nSPS) is 24.7. The first-order valence-electron chi connectivity index (χ1n) is 16.9. The van der Waals surface area contributed by atoms with Crippen LogP contribution in [0.4, 0.5) is 10.5 Å². The van der Waals surface area contributed by atoms with Crippen molar-refractivity contribution in [3.8, 4) is 0 Å². The van der Waals surface area contributed by atoms with Crippen molar-refractivity contribution in [2.75, 3.05) is 31.3 Å². The average Bonchev–Trinajstić information content (AvgIpc) is 3.78. The highest BCUT2D eigenvalue weighted by Crippen LogP contribution is 2.54. The Labute approximate surface area is 291 Å². The van der Waals surface area contributed by atoms with Crippen LogP contribution >= 0.6 is 19.2 Å². The summed E-state index contributed by atoms with van der Waals surface area (Å²) in [6, 6.07) is 1.56. The van der Waals surface area contributed by atoms with E-state index in [2.05, 4.69) is 10.1 Å². The van der Waals surface area contributed by atoms with Crippen molar-refractivity contribution in [2.45, 2.75) is 129 Å². The minimum atomic E-state index is -4.08. The second-order valence-electron chi connectivity index (χ2n) is 13.5. The molecule has 3 aliphatic rings. The Morgan fingerprint density at radius 1 is 1.10 bits per heavy atom. The number of rotatable bonds is 13. The van der Waals surface area contributed by atoms with E-state index in [0.29, 0.717) is 16.7 Å². The zero-order chi connectivity index (χ0) is 35.7. The van der Waals surface area contributed by atoms with E-state index in [0.717, 1.165) is 25.7 Å². The fourth-order valence-corrected chi connectivity index (χ4v) is 8.34. The summed E-state index contributed by atoms with van der Waals surface area (Å²) in [5.41, 5.74) is 0.172. The smallest absolute Gasteiger partial charge is 0.415 e. The number of hydrogen-bond donors (Lipinski definition) is 0. The molecule has 0 radical (unpaired) electrons. The summed E-state index contributed by atoms with van der Waals surface area (Å²) in [5, 5.41) is 5.37. The van der Waals surface area contributed by atoms with Gasteiger partial charge in [-0.05, 0) is 68.2 Å². The monoisotopic (exact) mass is 730 g/mol. The first-order valence-corrected chi connectivity index (χ1v) is 18.8. The molecule has 2 aromatic heterocycles. The topological polar surface area (TPSA) is 159 Å². The molecule has 1 amide bonds. The van der Waals surface area contributed by atoms with Crippen LogP contribution in [0, 0.1) is 0 Å². The molecule has 5 rings (SSSR count). The van der Waals surface area contributed by atoms with Crippen molar-refractivity contribution in [1.29, 1.82) is 0 Å². The van der Waals surface area contributed by atoms with E-state index in [9.17, 15) is 14.2 Å². The molecule has 5 atom stereocenters. The lowest BCUT2D eigenvalue weighted by molar-refractivity contribution is -0.204. The molecule has 2 aliphatic heterocycles. The number of ether oxygens (including phenoxy) is 6. The van der Waals surface area contributed by atoms with E-state index in [1.165, 1.54) is 0 Å². The summed E-state index contributed by atoms with van der Waals surface area (Å²) in [6.07, 6.45) is 1.66. The SMILES string of the molecule is CCOC(=O)C(OC[C@H]1O[C@@H](n2ncc3c(N(C(=O)OC(C)(C)C)C4CCCC4)cc(Cl)nc32)[C@@H]2OC(C)(C)O[C@@H]21)P(=O)(OCC)OCC. The van der Waals surface area contributed by atoms with Crippen LogP contribution in [0.5, 0.6) is 0 Å². The van der Waals surface area contributed by atoms with Gasteiger partial charge in [-0.25, -0.2) is 19.3 Å². The second-order valence-corrected chi connectivity index (χ2v) is 16.0. The molecular formula is C32H48ClN4O11P. The standard InChI is InChI=1S/C32H48ClN4O11P/c1-9-41-28(38)29(49(40,43-10-2)44-11-3)42-18-22-24-25(47-32(7,8)46-24)27(45-22)37-26-20(17-34-37)21(16-23(33)35-26)36(19-14-12-13-15-19)30(39)48-31(4,5)6/h16-17,19,22,24-25,27,29H,9-15,18H2,1-8H3/t22-,24-,25-,27-,29?/m1/s1. The van der Waals surface area contributed by atoms with Gasteiger partial charge in [-0.3, -0.25) is 9.46 Å². The van der Waals surface area contributed by atoms with Crippen LogP contribution in [0.15, 0.2) is 12.3 Å². The molecule has 0 aromatic carbocycles. The Morgan fingerprint density at radius 2 is 1.76 bits per heavy atom. The lowest BCUT2D eigenvalue weighted by atomic mass is 10.1. The molecule has 2 aromatic rings. The maximum absolute atomic E-state index is 13.7. The molecule has 1 unspecified atom stereocenters. The van der Waals surface area contributed by atoms with Gasteiger partial charge in [0.2, 0.25) is 0 Å². The Bertz CT molecular complexity index is 1530. The Hall–Kier alpha value is -2.36. The van der Waals surface area contributed by atoms with Crippen molar-refractivity contribution in [3.63, 3.8) is 0 Å². The molecule has 0 spiro atoms. The summed E-state index contributed by atoms with van der Waals surface area (Å²) < 4.78 is 62.0. The van der Waals surface area contributed by atoms with Crippen molar-refractivity contribution in [1.82, 2.24) is 14.8 Å². The minimum absolute atomic E-state index is 0.0183. The maximum Gasteiger partial charge on any atom is 0.415 e. The van der Waals surface area contributed by atoms with E-state index in [-0.39, 0.29) is 37.6 Å². The van der Waals surface area contributed by atoms with E-state index < -0.39 is 61.4 Å². The largest absolute Gasteiger partial charge is 0.464 e. The minimum Gasteiger partial charge on any atom is -0.464 e. The summed E-state index contributed by atoms with van der Waals surface area (Å²) >= 11 is 6.63. The quantitative estimate of drug-likeness (QED) is 0.127. The highest BCUT2D eigenvalue weighted by Gasteiger charge is 2.57. The third-order valence-corrected chi connectivity index (χ3v) is 10.6. The van der Waals surface area contributed by atoms with E-state index >= 15 is 0 Å². The number of pyridine rings is 1. The van der Waals surface area contributed by atoms with Gasteiger partial charge in [-0.15, -0.1) is 0 Å². The maximum atomic E-state index is 13.7. The zero-order valence-electron chi connectivity index (χ0n) is 29.4. The molecule has 2 saturated heterocycles. The van der Waals surface area contributed by atoms with Crippen molar-refractivity contribution < 1.29 is 51.6 Å². The van der Waals surface area contributed by atoms with Gasteiger partial charge in [0.1, 0.15) is 29.1 Å². The van der Waals surface area contributed by atoms with E-state index in [1.807, 2.05) is 20.8 Å². The Morgan fingerprint density at radius 3 is 2.37 bits per heavy atom. The molecule has 1 saturated carbocycles. The highest BCUT2D eigenvalue weighted by molar-refractivity contribution is 7.55. The van der Waals surface area contributed by atoms with Gasteiger partial charge >= 0.3 is 19.7 Å². The number of halogens is 1. The summed E-state index contributed by atoms with van der Waals surface area (Å²) in [6.45, 7) is 13.7. The van der Waals surface area contributed by atoms with E-state index in [1.54, 1.807) is 56.5 Å². The summed E-state index contributed by atoms with van der Waals surface area (Å²) in [5.74, 6) is -3.55. The van der Waals surface area contributed by atoms with Crippen LogP contribution < -0.4 is 4.90 Å². The second kappa shape index (κ2) is 15.1. The predicted octanol–water partition coefficient (Wildman–Crippen LogP) is 6.36. The fraction of sp³-hybridized carbons (Fsp3) is 0.750. The molecule has 0 bridgehead atoms. The van der Waals surface area contributed by atoms with Crippen molar-refractivity contribution in [2.24, 2.45) is 0 Å². The van der Waals surface area contributed by atoms with Crippen LogP contribution in [0.1, 0.15) is 87.3 Å².